The van der Waals surface area contributed by atoms with Crippen molar-refractivity contribution in [1.82, 2.24) is 9.80 Å². The highest BCUT2D eigenvalue weighted by Gasteiger charge is 2.18. The van der Waals surface area contributed by atoms with Gasteiger partial charge in [-0.2, -0.15) is 0 Å². The van der Waals surface area contributed by atoms with Crippen LogP contribution in [0.25, 0.3) is 10.8 Å². The third kappa shape index (κ3) is 4.30. The fourth-order valence-electron chi connectivity index (χ4n) is 3.22. The highest BCUT2D eigenvalue weighted by molar-refractivity contribution is 5.83. The predicted molar refractivity (Wildman–Crippen MR) is 108 cm³/mol. The fourth-order valence-corrected chi connectivity index (χ4v) is 3.22. The van der Waals surface area contributed by atoms with Gasteiger partial charge in [0.25, 0.3) is 0 Å². The summed E-state index contributed by atoms with van der Waals surface area (Å²) >= 11 is 0. The minimum atomic E-state index is 0.0674. The molecule has 0 radical (unpaired) electrons. The highest BCUT2D eigenvalue weighted by Crippen LogP contribution is 2.19. The Bertz CT molecular complexity index is 876. The zero-order valence-corrected chi connectivity index (χ0v) is 15.7. The lowest BCUT2D eigenvalue weighted by Crippen LogP contribution is -2.37. The second kappa shape index (κ2) is 8.15. The first-order valence-corrected chi connectivity index (χ1v) is 9.01. The average molecular weight is 346 g/mol. The van der Waals surface area contributed by atoms with Crippen molar-refractivity contribution in [3.8, 4) is 0 Å². The van der Waals surface area contributed by atoms with Gasteiger partial charge in [-0.3, -0.25) is 9.69 Å². The number of fused-ring (bicyclic) bond motifs is 1. The molecule has 3 aromatic rings. The number of hydrogen-bond acceptors (Lipinski definition) is 2. The van der Waals surface area contributed by atoms with Crippen molar-refractivity contribution in [2.45, 2.75) is 19.5 Å². The van der Waals surface area contributed by atoms with Crippen LogP contribution in [-0.4, -0.2) is 36.3 Å². The standard InChI is InChI=1S/C23H26N2O/c1-18(20-9-5-4-6-10-20)25(3)23(26)17-24(2)16-19-13-14-21-11-7-8-12-22(21)15-19/h4-15,18H,16-17H2,1-3H3/t18-/m0/s1. The van der Waals surface area contributed by atoms with Crippen molar-refractivity contribution in [1.29, 1.82) is 0 Å². The molecule has 134 valence electrons. The molecule has 3 rings (SSSR count). The van der Waals surface area contributed by atoms with E-state index in [2.05, 4.69) is 66.4 Å². The lowest BCUT2D eigenvalue weighted by atomic mass is 10.1. The van der Waals surface area contributed by atoms with Gasteiger partial charge in [-0.1, -0.05) is 66.7 Å². The summed E-state index contributed by atoms with van der Waals surface area (Å²) in [5, 5.41) is 2.48. The van der Waals surface area contributed by atoms with Gasteiger partial charge in [0, 0.05) is 13.6 Å². The van der Waals surface area contributed by atoms with Crippen LogP contribution in [0, 0.1) is 0 Å². The highest BCUT2D eigenvalue weighted by atomic mass is 16.2. The van der Waals surface area contributed by atoms with E-state index < -0.39 is 0 Å². The molecule has 0 heterocycles. The maximum Gasteiger partial charge on any atom is 0.236 e. The Morgan fingerprint density at radius 2 is 1.54 bits per heavy atom. The van der Waals surface area contributed by atoms with E-state index in [1.54, 1.807) is 0 Å². The summed E-state index contributed by atoms with van der Waals surface area (Å²) < 4.78 is 0. The molecular weight excluding hydrogens is 320 g/mol. The minimum absolute atomic E-state index is 0.0674. The molecule has 0 N–H and O–H groups in total. The number of carbonyl (C=O) groups is 1. The van der Waals surface area contributed by atoms with Crippen LogP contribution in [0.15, 0.2) is 72.8 Å². The molecule has 26 heavy (non-hydrogen) atoms. The topological polar surface area (TPSA) is 23.6 Å². The van der Waals surface area contributed by atoms with E-state index in [-0.39, 0.29) is 11.9 Å². The van der Waals surface area contributed by atoms with Crippen molar-refractivity contribution in [3.63, 3.8) is 0 Å². The van der Waals surface area contributed by atoms with Crippen molar-refractivity contribution in [2.75, 3.05) is 20.6 Å². The lowest BCUT2D eigenvalue weighted by Gasteiger charge is -2.27. The Hall–Kier alpha value is -2.65. The van der Waals surface area contributed by atoms with Gasteiger partial charge in [0.15, 0.2) is 0 Å². The van der Waals surface area contributed by atoms with E-state index in [4.69, 9.17) is 0 Å². The maximum atomic E-state index is 12.7. The average Bonchev–Trinajstić information content (AvgIpc) is 2.67. The van der Waals surface area contributed by atoms with Crippen LogP contribution in [0.1, 0.15) is 24.1 Å². The van der Waals surface area contributed by atoms with E-state index >= 15 is 0 Å². The molecule has 0 bridgehead atoms. The zero-order valence-electron chi connectivity index (χ0n) is 15.7. The van der Waals surface area contributed by atoms with Crippen LogP contribution in [0.4, 0.5) is 0 Å². The van der Waals surface area contributed by atoms with E-state index in [9.17, 15) is 4.79 Å². The molecule has 0 spiro atoms. The fraction of sp³-hybridized carbons (Fsp3) is 0.261. The molecule has 0 aliphatic heterocycles. The molecule has 3 aromatic carbocycles. The molecule has 0 saturated heterocycles. The summed E-state index contributed by atoms with van der Waals surface area (Å²) in [5.41, 5.74) is 2.37. The molecule has 0 aliphatic carbocycles. The SMILES string of the molecule is C[C@@H](c1ccccc1)N(C)C(=O)CN(C)Cc1ccc2ccccc2c1. The normalized spacial score (nSPS) is 12.3. The van der Waals surface area contributed by atoms with Crippen LogP contribution in [0.5, 0.6) is 0 Å². The molecule has 1 atom stereocenters. The summed E-state index contributed by atoms with van der Waals surface area (Å²) in [5.74, 6) is 0.129. The summed E-state index contributed by atoms with van der Waals surface area (Å²) in [6, 6.07) is 25.0. The number of nitrogens with zero attached hydrogens (tertiary/aromatic N) is 2. The van der Waals surface area contributed by atoms with E-state index in [0.29, 0.717) is 6.54 Å². The van der Waals surface area contributed by atoms with Gasteiger partial charge in [0.2, 0.25) is 5.91 Å². The number of benzene rings is 3. The molecule has 0 aliphatic rings. The maximum absolute atomic E-state index is 12.7. The third-order valence-corrected chi connectivity index (χ3v) is 4.93. The number of likely N-dealkylation sites (N-methyl/N-ethyl adjacent to an activating group) is 2. The quantitative estimate of drug-likeness (QED) is 0.656. The summed E-state index contributed by atoms with van der Waals surface area (Å²) in [6.45, 7) is 3.22. The zero-order chi connectivity index (χ0) is 18.5. The summed E-state index contributed by atoms with van der Waals surface area (Å²) in [7, 11) is 3.87. The molecular formula is C23H26N2O. The Kier molecular flexibility index (Phi) is 5.69. The number of carbonyl (C=O) groups excluding carboxylic acids is 1. The van der Waals surface area contributed by atoms with E-state index in [1.807, 2.05) is 37.2 Å². The predicted octanol–water partition coefficient (Wildman–Crippen LogP) is 4.49. The van der Waals surface area contributed by atoms with Crippen LogP contribution in [-0.2, 0) is 11.3 Å². The molecule has 3 heteroatoms. The molecule has 0 aromatic heterocycles. The Morgan fingerprint density at radius 1 is 0.885 bits per heavy atom. The Morgan fingerprint density at radius 3 is 2.27 bits per heavy atom. The summed E-state index contributed by atoms with van der Waals surface area (Å²) in [6.07, 6.45) is 0. The van der Waals surface area contributed by atoms with Crippen LogP contribution in [0.3, 0.4) is 0 Å². The minimum Gasteiger partial charge on any atom is -0.338 e. The van der Waals surface area contributed by atoms with Crippen LogP contribution in [0.2, 0.25) is 0 Å². The van der Waals surface area contributed by atoms with Crippen molar-refractivity contribution < 1.29 is 4.79 Å². The molecule has 3 nitrogen and oxygen atoms in total. The largest absolute Gasteiger partial charge is 0.338 e. The van der Waals surface area contributed by atoms with Gasteiger partial charge in [0.1, 0.15) is 0 Å². The Balaban J connectivity index is 1.61. The molecule has 0 fully saturated rings. The molecule has 0 unspecified atom stereocenters. The van der Waals surface area contributed by atoms with Crippen molar-refractivity contribution in [2.24, 2.45) is 0 Å². The monoisotopic (exact) mass is 346 g/mol. The summed E-state index contributed by atoms with van der Waals surface area (Å²) in [4.78, 5) is 16.6. The second-order valence-electron chi connectivity index (χ2n) is 6.95. The van der Waals surface area contributed by atoms with Gasteiger partial charge in [-0.05, 0) is 41.9 Å². The van der Waals surface area contributed by atoms with Crippen molar-refractivity contribution >= 4 is 16.7 Å². The van der Waals surface area contributed by atoms with E-state index in [0.717, 1.165) is 12.1 Å². The van der Waals surface area contributed by atoms with Gasteiger partial charge in [0.05, 0.1) is 12.6 Å². The number of hydrogen-bond donors (Lipinski definition) is 0. The van der Waals surface area contributed by atoms with Crippen LogP contribution >= 0.6 is 0 Å². The lowest BCUT2D eigenvalue weighted by molar-refractivity contribution is -0.132. The third-order valence-electron chi connectivity index (χ3n) is 4.93. The van der Waals surface area contributed by atoms with Gasteiger partial charge >= 0.3 is 0 Å². The number of rotatable bonds is 6. The van der Waals surface area contributed by atoms with Gasteiger partial charge in [-0.15, -0.1) is 0 Å². The van der Waals surface area contributed by atoms with E-state index in [1.165, 1.54) is 16.3 Å². The first-order valence-electron chi connectivity index (χ1n) is 9.01. The smallest absolute Gasteiger partial charge is 0.236 e. The number of amides is 1. The van der Waals surface area contributed by atoms with Gasteiger partial charge in [-0.25, -0.2) is 0 Å². The first kappa shape index (κ1) is 18.2. The Labute approximate surface area is 155 Å². The van der Waals surface area contributed by atoms with Crippen LogP contribution < -0.4 is 0 Å². The van der Waals surface area contributed by atoms with Gasteiger partial charge < -0.3 is 4.90 Å². The first-order chi connectivity index (χ1) is 12.5. The molecule has 0 saturated carbocycles. The van der Waals surface area contributed by atoms with Crippen molar-refractivity contribution in [3.05, 3.63) is 83.9 Å². The second-order valence-corrected chi connectivity index (χ2v) is 6.95. The molecule has 1 amide bonds.